The second-order valence-electron chi connectivity index (χ2n) is 4.55. The number of amides is 2. The third-order valence-corrected chi connectivity index (χ3v) is 4.76. The molecule has 1 aliphatic rings. The molecule has 112 valence electrons. The normalized spacial score (nSPS) is 17.9. The second-order valence-corrected chi connectivity index (χ2v) is 6.42. The summed E-state index contributed by atoms with van der Waals surface area (Å²) in [6.07, 6.45) is 0. The molecule has 0 bridgehead atoms. The predicted molar refractivity (Wildman–Crippen MR) is 90.8 cm³/mol. The summed E-state index contributed by atoms with van der Waals surface area (Å²) in [4.78, 5) is 25.7. The van der Waals surface area contributed by atoms with Gasteiger partial charge >= 0.3 is 0 Å². The summed E-state index contributed by atoms with van der Waals surface area (Å²) in [5, 5.41) is 2.81. The van der Waals surface area contributed by atoms with Crippen molar-refractivity contribution in [2.24, 2.45) is 0 Å². The second kappa shape index (κ2) is 6.20. The fraction of sp³-hybridized carbons (Fsp3) is 0.0667. The largest absolute Gasteiger partial charge is 0.365 e. The van der Waals surface area contributed by atoms with E-state index in [4.69, 9.17) is 23.2 Å². The van der Waals surface area contributed by atoms with E-state index in [1.165, 1.54) is 4.90 Å². The molecule has 1 N–H and O–H groups in total. The third kappa shape index (κ3) is 2.92. The number of rotatable bonds is 3. The van der Waals surface area contributed by atoms with Gasteiger partial charge in [-0.05, 0) is 42.1 Å². The van der Waals surface area contributed by atoms with Gasteiger partial charge in [0.05, 0.1) is 15.7 Å². The minimum absolute atomic E-state index is 0.311. The van der Waals surface area contributed by atoms with Crippen molar-refractivity contribution in [2.75, 3.05) is 10.2 Å². The lowest BCUT2D eigenvalue weighted by Gasteiger charge is -2.15. The zero-order valence-corrected chi connectivity index (χ0v) is 13.5. The lowest BCUT2D eigenvalue weighted by atomic mass is 10.3. The fourth-order valence-electron chi connectivity index (χ4n) is 2.05. The molecule has 2 aromatic carbocycles. The van der Waals surface area contributed by atoms with Gasteiger partial charge < -0.3 is 5.32 Å². The number of para-hydroxylation sites is 1. The van der Waals surface area contributed by atoms with E-state index in [1.54, 1.807) is 42.5 Å². The maximum Gasteiger partial charge on any atom is 0.295 e. The molecule has 1 atom stereocenters. The smallest absolute Gasteiger partial charge is 0.295 e. The van der Waals surface area contributed by atoms with Crippen molar-refractivity contribution in [1.29, 1.82) is 0 Å². The summed E-state index contributed by atoms with van der Waals surface area (Å²) in [5.74, 6) is -0.313. The van der Waals surface area contributed by atoms with E-state index < -0.39 is 5.37 Å². The van der Waals surface area contributed by atoms with Crippen molar-refractivity contribution in [2.45, 2.75) is 5.37 Å². The Hall–Kier alpha value is -1.69. The van der Waals surface area contributed by atoms with Crippen LogP contribution in [0.25, 0.3) is 0 Å². The average molecular weight is 353 g/mol. The quantitative estimate of drug-likeness (QED) is 0.874. The summed E-state index contributed by atoms with van der Waals surface area (Å²) in [6, 6.07) is 13.8. The minimum Gasteiger partial charge on any atom is -0.365 e. The van der Waals surface area contributed by atoms with Crippen molar-refractivity contribution in [1.82, 2.24) is 0 Å². The monoisotopic (exact) mass is 352 g/mol. The van der Waals surface area contributed by atoms with Gasteiger partial charge in [0.15, 0.2) is 5.37 Å². The zero-order chi connectivity index (χ0) is 15.7. The molecule has 0 aromatic heterocycles. The topological polar surface area (TPSA) is 49.4 Å². The summed E-state index contributed by atoms with van der Waals surface area (Å²) in [5.41, 5.74) is 1.19. The van der Waals surface area contributed by atoms with Crippen LogP contribution in [-0.2, 0) is 4.79 Å². The molecule has 22 heavy (non-hydrogen) atoms. The first-order valence-corrected chi connectivity index (χ1v) is 8.01. The van der Waals surface area contributed by atoms with E-state index in [1.807, 2.05) is 6.07 Å². The first-order chi connectivity index (χ1) is 10.6. The number of imide groups is 1. The van der Waals surface area contributed by atoms with Gasteiger partial charge in [-0.25, -0.2) is 4.90 Å². The first-order valence-electron chi connectivity index (χ1n) is 6.37. The number of carbonyl (C=O) groups is 2. The van der Waals surface area contributed by atoms with Gasteiger partial charge in [0.25, 0.3) is 11.1 Å². The Morgan fingerprint density at radius 3 is 2.41 bits per heavy atom. The number of nitrogens with zero attached hydrogens (tertiary/aromatic N) is 1. The van der Waals surface area contributed by atoms with E-state index in [9.17, 15) is 9.59 Å². The maximum atomic E-state index is 12.4. The predicted octanol–water partition coefficient (Wildman–Crippen LogP) is 4.63. The first kappa shape index (κ1) is 15.2. The molecular weight excluding hydrogens is 343 g/mol. The van der Waals surface area contributed by atoms with Crippen LogP contribution in [0, 0.1) is 0 Å². The Bertz CT molecular complexity index is 740. The molecule has 2 aromatic rings. The van der Waals surface area contributed by atoms with E-state index in [0.717, 1.165) is 11.8 Å². The number of benzene rings is 2. The van der Waals surface area contributed by atoms with Crippen LogP contribution in [0.4, 0.5) is 16.2 Å². The Morgan fingerprint density at radius 2 is 1.73 bits per heavy atom. The molecule has 7 heteroatoms. The van der Waals surface area contributed by atoms with Crippen LogP contribution in [-0.4, -0.2) is 16.5 Å². The van der Waals surface area contributed by atoms with Gasteiger partial charge in [-0.15, -0.1) is 0 Å². The van der Waals surface area contributed by atoms with Crippen LogP contribution < -0.4 is 10.2 Å². The SMILES string of the molecule is O=C1S[C@H](Nc2ccc(Cl)c(Cl)c2)C(=O)N1c1ccccc1. The van der Waals surface area contributed by atoms with E-state index >= 15 is 0 Å². The highest BCUT2D eigenvalue weighted by Gasteiger charge is 2.40. The van der Waals surface area contributed by atoms with Crippen molar-refractivity contribution in [3.8, 4) is 0 Å². The fourth-order valence-corrected chi connectivity index (χ4v) is 3.25. The molecule has 0 radical (unpaired) electrons. The Balaban J connectivity index is 1.80. The van der Waals surface area contributed by atoms with Gasteiger partial charge in [-0.1, -0.05) is 41.4 Å². The summed E-state index contributed by atoms with van der Waals surface area (Å²) in [6.45, 7) is 0. The molecule has 2 amide bonds. The zero-order valence-electron chi connectivity index (χ0n) is 11.1. The molecule has 1 heterocycles. The average Bonchev–Trinajstić information content (AvgIpc) is 2.78. The third-order valence-electron chi connectivity index (χ3n) is 3.08. The van der Waals surface area contributed by atoms with Gasteiger partial charge in [0.1, 0.15) is 0 Å². The lowest BCUT2D eigenvalue weighted by Crippen LogP contribution is -2.34. The highest BCUT2D eigenvalue weighted by Crippen LogP contribution is 2.33. The van der Waals surface area contributed by atoms with Crippen molar-refractivity contribution >= 4 is 57.5 Å². The molecule has 3 rings (SSSR count). The minimum atomic E-state index is -0.690. The molecule has 0 aliphatic carbocycles. The molecule has 0 spiro atoms. The van der Waals surface area contributed by atoms with Gasteiger partial charge in [-0.2, -0.15) is 0 Å². The van der Waals surface area contributed by atoms with Crippen LogP contribution >= 0.6 is 35.0 Å². The molecule has 0 saturated carbocycles. The molecule has 4 nitrogen and oxygen atoms in total. The highest BCUT2D eigenvalue weighted by molar-refractivity contribution is 8.16. The lowest BCUT2D eigenvalue weighted by molar-refractivity contribution is -0.116. The summed E-state index contributed by atoms with van der Waals surface area (Å²) < 4.78 is 0. The number of hydrogen-bond acceptors (Lipinski definition) is 4. The van der Waals surface area contributed by atoms with Crippen LogP contribution in [0.2, 0.25) is 10.0 Å². The summed E-state index contributed by atoms with van der Waals surface area (Å²) in [7, 11) is 0. The summed E-state index contributed by atoms with van der Waals surface area (Å²) >= 11 is 12.7. The van der Waals surface area contributed by atoms with Gasteiger partial charge in [0, 0.05) is 5.69 Å². The van der Waals surface area contributed by atoms with E-state index in [2.05, 4.69) is 5.32 Å². The molecule has 1 aliphatic heterocycles. The maximum absolute atomic E-state index is 12.4. The van der Waals surface area contributed by atoms with Crippen molar-refractivity contribution < 1.29 is 9.59 Å². The number of carbonyl (C=O) groups excluding carboxylic acids is 2. The highest BCUT2D eigenvalue weighted by atomic mass is 35.5. The number of anilines is 2. The Kier molecular flexibility index (Phi) is 4.29. The number of nitrogens with one attached hydrogen (secondary N) is 1. The van der Waals surface area contributed by atoms with E-state index in [0.29, 0.717) is 21.4 Å². The van der Waals surface area contributed by atoms with Gasteiger partial charge in [0.2, 0.25) is 0 Å². The number of halogens is 2. The standard InChI is InChI=1S/C15H10Cl2N2O2S/c16-11-7-6-9(8-12(11)17)18-13-14(20)19(15(21)22-13)10-4-2-1-3-5-10/h1-8,13,18H/t13-/m0/s1. The molecule has 0 unspecified atom stereocenters. The van der Waals surface area contributed by atoms with Crippen LogP contribution in [0.15, 0.2) is 48.5 Å². The van der Waals surface area contributed by atoms with Crippen molar-refractivity contribution in [3.05, 3.63) is 58.6 Å². The van der Waals surface area contributed by atoms with Crippen molar-refractivity contribution in [3.63, 3.8) is 0 Å². The number of thioether (sulfide) groups is 1. The Labute approximate surface area is 141 Å². The van der Waals surface area contributed by atoms with Crippen LogP contribution in [0.1, 0.15) is 0 Å². The molecule has 1 fully saturated rings. The molecule has 1 saturated heterocycles. The van der Waals surface area contributed by atoms with Gasteiger partial charge in [-0.3, -0.25) is 9.59 Å². The Morgan fingerprint density at radius 1 is 1.00 bits per heavy atom. The van der Waals surface area contributed by atoms with Crippen LogP contribution in [0.3, 0.4) is 0 Å². The van der Waals surface area contributed by atoms with E-state index in [-0.39, 0.29) is 11.1 Å². The number of hydrogen-bond donors (Lipinski definition) is 1. The molecular formula is C15H10Cl2N2O2S. The van der Waals surface area contributed by atoms with Crippen LogP contribution in [0.5, 0.6) is 0 Å².